The van der Waals surface area contributed by atoms with Gasteiger partial charge in [-0.25, -0.2) is 0 Å². The van der Waals surface area contributed by atoms with Gasteiger partial charge < -0.3 is 4.90 Å². The lowest BCUT2D eigenvalue weighted by Gasteiger charge is -2.13. The molecule has 0 aliphatic heterocycles. The summed E-state index contributed by atoms with van der Waals surface area (Å²) in [6.07, 6.45) is 1.10. The van der Waals surface area contributed by atoms with Gasteiger partial charge in [0.2, 0.25) is 0 Å². The number of hydrogen-bond donors (Lipinski definition) is 2. The minimum atomic E-state index is 0. The minimum absolute atomic E-state index is 0. The summed E-state index contributed by atoms with van der Waals surface area (Å²) in [6, 6.07) is 0.424. The summed E-state index contributed by atoms with van der Waals surface area (Å²) < 4.78 is 0. The molecule has 3 nitrogen and oxygen atoms in total. The number of hydrazine groups is 1. The van der Waals surface area contributed by atoms with Crippen molar-refractivity contribution in [2.45, 2.75) is 19.4 Å². The molecule has 0 heterocycles. The molecule has 64 valence electrons. The second-order valence-electron chi connectivity index (χ2n) is 2.66. The maximum absolute atomic E-state index is 5.19. The third kappa shape index (κ3) is 8.17. The van der Waals surface area contributed by atoms with Crippen molar-refractivity contribution in [3.05, 3.63) is 0 Å². The zero-order valence-corrected chi connectivity index (χ0v) is 7.74. The molecular formula is C6H18ClN3. The predicted octanol–water partition coefficient (Wildman–Crippen LogP) is 0.212. The van der Waals surface area contributed by atoms with E-state index in [1.54, 1.807) is 0 Å². The number of nitrogens with two attached hydrogens (primary N) is 1. The van der Waals surface area contributed by atoms with Crippen LogP contribution in [-0.2, 0) is 0 Å². The predicted molar refractivity (Wildman–Crippen MR) is 47.2 cm³/mol. The summed E-state index contributed by atoms with van der Waals surface area (Å²) in [5.41, 5.74) is 2.69. The Hall–Kier alpha value is 0.170. The second-order valence-corrected chi connectivity index (χ2v) is 2.66. The first-order chi connectivity index (χ1) is 4.16. The highest BCUT2D eigenvalue weighted by Crippen LogP contribution is 1.88. The molecule has 0 saturated heterocycles. The molecule has 0 aliphatic carbocycles. The van der Waals surface area contributed by atoms with Gasteiger partial charge in [0.1, 0.15) is 0 Å². The van der Waals surface area contributed by atoms with Crippen LogP contribution in [0.5, 0.6) is 0 Å². The molecule has 0 amide bonds. The van der Waals surface area contributed by atoms with Gasteiger partial charge in [-0.05, 0) is 34.0 Å². The van der Waals surface area contributed by atoms with Crippen molar-refractivity contribution in [3.63, 3.8) is 0 Å². The molecule has 0 aromatic heterocycles. The Morgan fingerprint density at radius 1 is 1.50 bits per heavy atom. The van der Waals surface area contributed by atoms with Crippen LogP contribution in [0.4, 0.5) is 0 Å². The standard InChI is InChI=1S/C6H17N3.ClH/c1-6(8-7)4-5-9(2)3;/h6,8H,4-5,7H2,1-3H3;1H. The highest BCUT2D eigenvalue weighted by molar-refractivity contribution is 5.85. The van der Waals surface area contributed by atoms with Gasteiger partial charge in [-0.2, -0.15) is 0 Å². The largest absolute Gasteiger partial charge is 0.309 e. The van der Waals surface area contributed by atoms with Crippen molar-refractivity contribution in [1.29, 1.82) is 0 Å². The Kier molecular flexibility index (Phi) is 9.33. The smallest absolute Gasteiger partial charge is 0.0194 e. The Labute approximate surface area is 69.3 Å². The van der Waals surface area contributed by atoms with Crippen LogP contribution in [0.1, 0.15) is 13.3 Å². The molecule has 0 fully saturated rings. The van der Waals surface area contributed by atoms with Crippen LogP contribution in [0.2, 0.25) is 0 Å². The lowest BCUT2D eigenvalue weighted by Crippen LogP contribution is -2.34. The minimum Gasteiger partial charge on any atom is -0.309 e. The molecule has 10 heavy (non-hydrogen) atoms. The summed E-state index contributed by atoms with van der Waals surface area (Å²) in [7, 11) is 4.12. The zero-order valence-electron chi connectivity index (χ0n) is 6.92. The second kappa shape index (κ2) is 7.28. The van der Waals surface area contributed by atoms with Gasteiger partial charge in [0.15, 0.2) is 0 Å². The highest BCUT2D eigenvalue weighted by atomic mass is 35.5. The van der Waals surface area contributed by atoms with E-state index < -0.39 is 0 Å². The summed E-state index contributed by atoms with van der Waals surface area (Å²) in [5.74, 6) is 5.19. The van der Waals surface area contributed by atoms with Crippen molar-refractivity contribution < 1.29 is 0 Å². The fourth-order valence-electron chi connectivity index (χ4n) is 0.535. The van der Waals surface area contributed by atoms with E-state index in [4.69, 9.17) is 5.84 Å². The molecule has 0 aliphatic rings. The average molecular weight is 168 g/mol. The van der Waals surface area contributed by atoms with Crippen LogP contribution in [0.15, 0.2) is 0 Å². The summed E-state index contributed by atoms with van der Waals surface area (Å²) >= 11 is 0. The van der Waals surface area contributed by atoms with Gasteiger partial charge in [-0.3, -0.25) is 11.3 Å². The molecule has 4 heteroatoms. The Morgan fingerprint density at radius 2 is 2.00 bits per heavy atom. The molecule has 0 bridgehead atoms. The lowest BCUT2D eigenvalue weighted by atomic mass is 10.2. The maximum Gasteiger partial charge on any atom is 0.0194 e. The Balaban J connectivity index is 0. The summed E-state index contributed by atoms with van der Waals surface area (Å²) in [5, 5.41) is 0. The van der Waals surface area contributed by atoms with Crippen molar-refractivity contribution in [1.82, 2.24) is 10.3 Å². The van der Waals surface area contributed by atoms with Crippen molar-refractivity contribution in [2.75, 3.05) is 20.6 Å². The number of nitrogens with one attached hydrogen (secondary N) is 1. The molecular weight excluding hydrogens is 150 g/mol. The fourth-order valence-corrected chi connectivity index (χ4v) is 0.535. The van der Waals surface area contributed by atoms with E-state index in [-0.39, 0.29) is 12.4 Å². The lowest BCUT2D eigenvalue weighted by molar-refractivity contribution is 0.368. The Morgan fingerprint density at radius 3 is 2.30 bits per heavy atom. The molecule has 1 unspecified atom stereocenters. The Bertz CT molecular complexity index is 68.0. The van der Waals surface area contributed by atoms with Crippen molar-refractivity contribution in [3.8, 4) is 0 Å². The third-order valence-electron chi connectivity index (χ3n) is 1.29. The highest BCUT2D eigenvalue weighted by Gasteiger charge is 1.97. The van der Waals surface area contributed by atoms with E-state index in [1.807, 2.05) is 0 Å². The van der Waals surface area contributed by atoms with Crippen molar-refractivity contribution >= 4 is 12.4 Å². The molecule has 0 aromatic carbocycles. The van der Waals surface area contributed by atoms with Crippen LogP contribution in [0.25, 0.3) is 0 Å². The van der Waals surface area contributed by atoms with Crippen LogP contribution in [0.3, 0.4) is 0 Å². The number of rotatable bonds is 4. The molecule has 0 rings (SSSR count). The fraction of sp³-hybridized carbons (Fsp3) is 1.00. The van der Waals surface area contributed by atoms with E-state index in [2.05, 4.69) is 31.3 Å². The first kappa shape index (κ1) is 12.8. The van der Waals surface area contributed by atoms with Crippen LogP contribution >= 0.6 is 12.4 Å². The zero-order chi connectivity index (χ0) is 7.28. The number of hydrogen-bond acceptors (Lipinski definition) is 3. The van der Waals surface area contributed by atoms with Crippen LogP contribution in [0, 0.1) is 0 Å². The molecule has 0 aromatic rings. The molecule has 1 atom stereocenters. The van der Waals surface area contributed by atoms with Crippen LogP contribution < -0.4 is 11.3 Å². The van der Waals surface area contributed by atoms with E-state index >= 15 is 0 Å². The molecule has 0 spiro atoms. The maximum atomic E-state index is 5.19. The first-order valence-electron chi connectivity index (χ1n) is 3.27. The topological polar surface area (TPSA) is 41.3 Å². The molecule has 3 N–H and O–H groups in total. The van der Waals surface area contributed by atoms with Gasteiger partial charge in [0.25, 0.3) is 0 Å². The summed E-state index contributed by atoms with van der Waals surface area (Å²) in [4.78, 5) is 2.15. The van der Waals surface area contributed by atoms with Gasteiger partial charge in [-0.1, -0.05) is 0 Å². The third-order valence-corrected chi connectivity index (χ3v) is 1.29. The van der Waals surface area contributed by atoms with E-state index in [9.17, 15) is 0 Å². The van der Waals surface area contributed by atoms with Gasteiger partial charge in [-0.15, -0.1) is 12.4 Å². The number of nitrogens with zero attached hydrogens (tertiary/aromatic N) is 1. The van der Waals surface area contributed by atoms with Gasteiger partial charge >= 0.3 is 0 Å². The average Bonchev–Trinajstić information content (AvgIpc) is 1.83. The normalized spacial score (nSPS) is 12.9. The number of halogens is 1. The van der Waals surface area contributed by atoms with E-state index in [0.29, 0.717) is 6.04 Å². The van der Waals surface area contributed by atoms with E-state index in [1.165, 1.54) is 0 Å². The van der Waals surface area contributed by atoms with Crippen LogP contribution in [-0.4, -0.2) is 31.6 Å². The monoisotopic (exact) mass is 167 g/mol. The molecule has 0 saturated carbocycles. The quantitative estimate of drug-likeness (QED) is 0.465. The molecule has 0 radical (unpaired) electrons. The summed E-state index contributed by atoms with van der Waals surface area (Å²) in [6.45, 7) is 3.16. The van der Waals surface area contributed by atoms with Gasteiger partial charge in [0.05, 0.1) is 0 Å². The SMILES string of the molecule is CC(CCN(C)C)NN.Cl. The van der Waals surface area contributed by atoms with E-state index in [0.717, 1.165) is 13.0 Å². The first-order valence-corrected chi connectivity index (χ1v) is 3.27. The van der Waals surface area contributed by atoms with Gasteiger partial charge in [0, 0.05) is 6.04 Å². The van der Waals surface area contributed by atoms with Crippen molar-refractivity contribution in [2.24, 2.45) is 5.84 Å².